The van der Waals surface area contributed by atoms with Crippen LogP contribution in [0.2, 0.25) is 0 Å². The van der Waals surface area contributed by atoms with Crippen LogP contribution in [0.25, 0.3) is 0 Å². The van der Waals surface area contributed by atoms with Crippen LogP contribution in [-0.2, 0) is 14.8 Å². The average molecular weight is 316 g/mol. The third-order valence-electron chi connectivity index (χ3n) is 3.37. The van der Waals surface area contributed by atoms with Crippen LogP contribution in [-0.4, -0.2) is 56.6 Å². The maximum Gasteiger partial charge on any atom is 0.246 e. The zero-order chi connectivity index (χ0) is 15.6. The Kier molecular flexibility index (Phi) is 4.64. The molecule has 8 nitrogen and oxygen atoms in total. The minimum atomic E-state index is -3.83. The molecule has 1 fully saturated rings. The highest BCUT2D eigenvalue weighted by molar-refractivity contribution is 7.89. The van der Waals surface area contributed by atoms with Crippen molar-refractivity contribution in [3.63, 3.8) is 0 Å². The quantitative estimate of drug-likeness (QED) is 0.768. The van der Waals surface area contributed by atoms with Crippen molar-refractivity contribution in [1.29, 1.82) is 0 Å². The lowest BCUT2D eigenvalue weighted by atomic mass is 10.2. The molecule has 2 N–H and O–H groups in total. The molecule has 2 rings (SSSR count). The van der Waals surface area contributed by atoms with Crippen molar-refractivity contribution in [2.24, 2.45) is 0 Å². The highest BCUT2D eigenvalue weighted by Gasteiger charge is 2.30. The molecular weight excluding hydrogens is 296 g/mol. The summed E-state index contributed by atoms with van der Waals surface area (Å²) in [4.78, 5) is 13.9. The monoisotopic (exact) mass is 316 g/mol. The number of rotatable bonds is 4. The number of hydrogen-bond donors (Lipinski definition) is 2. The van der Waals surface area contributed by atoms with Gasteiger partial charge in [-0.25, -0.2) is 8.42 Å². The summed E-state index contributed by atoms with van der Waals surface area (Å²) in [6.45, 7) is 7.21. The maximum absolute atomic E-state index is 12.3. The average Bonchev–Trinajstić information content (AvgIpc) is 2.78. The Bertz CT molecular complexity index is 600. The molecule has 1 aliphatic rings. The lowest BCUT2D eigenvalue weighted by Gasteiger charge is -2.29. The van der Waals surface area contributed by atoms with Crippen molar-refractivity contribution in [3.8, 4) is 0 Å². The Hall–Kier alpha value is -1.45. The van der Waals surface area contributed by atoms with Gasteiger partial charge in [0.2, 0.25) is 15.9 Å². The van der Waals surface area contributed by atoms with Gasteiger partial charge in [0.05, 0.1) is 6.04 Å². The van der Waals surface area contributed by atoms with E-state index in [2.05, 4.69) is 15.2 Å². The molecule has 1 atom stereocenters. The highest BCUT2D eigenvalue weighted by Crippen LogP contribution is 2.19. The van der Waals surface area contributed by atoms with Gasteiger partial charge in [0.15, 0.2) is 5.76 Å². The Morgan fingerprint density at radius 2 is 2.00 bits per heavy atom. The number of nitrogens with one attached hydrogen (secondary N) is 2. The predicted molar refractivity (Wildman–Crippen MR) is 75.2 cm³/mol. The van der Waals surface area contributed by atoms with Crippen molar-refractivity contribution < 1.29 is 17.7 Å². The maximum atomic E-state index is 12.3. The topological polar surface area (TPSA) is 105 Å². The molecule has 118 valence electrons. The molecule has 0 spiro atoms. The van der Waals surface area contributed by atoms with Gasteiger partial charge in [-0.3, -0.25) is 4.79 Å². The zero-order valence-electron chi connectivity index (χ0n) is 12.3. The van der Waals surface area contributed by atoms with E-state index >= 15 is 0 Å². The molecule has 0 aromatic carbocycles. The first-order valence-electron chi connectivity index (χ1n) is 6.77. The second kappa shape index (κ2) is 6.12. The summed E-state index contributed by atoms with van der Waals surface area (Å²) in [5.41, 5.74) is 0.279. The number of carbonyl (C=O) groups excluding carboxylic acids is 1. The molecule has 0 aliphatic carbocycles. The van der Waals surface area contributed by atoms with Crippen LogP contribution >= 0.6 is 0 Å². The number of carbonyl (C=O) groups is 1. The second-order valence-corrected chi connectivity index (χ2v) is 6.72. The van der Waals surface area contributed by atoms with Crippen LogP contribution in [0.1, 0.15) is 18.4 Å². The molecule has 0 saturated carbocycles. The van der Waals surface area contributed by atoms with Crippen molar-refractivity contribution in [2.45, 2.75) is 31.7 Å². The van der Waals surface area contributed by atoms with Gasteiger partial charge in [0, 0.05) is 26.2 Å². The molecular formula is C12H20N4O4S. The minimum Gasteiger partial charge on any atom is -0.360 e. The Morgan fingerprint density at radius 3 is 2.52 bits per heavy atom. The van der Waals surface area contributed by atoms with Crippen LogP contribution in [0, 0.1) is 13.8 Å². The van der Waals surface area contributed by atoms with Crippen molar-refractivity contribution >= 4 is 15.9 Å². The zero-order valence-corrected chi connectivity index (χ0v) is 13.2. The largest absolute Gasteiger partial charge is 0.360 e. The summed E-state index contributed by atoms with van der Waals surface area (Å²) in [7, 11) is -3.83. The van der Waals surface area contributed by atoms with E-state index in [9.17, 15) is 13.2 Å². The lowest BCUT2D eigenvalue weighted by Crippen LogP contribution is -2.53. The summed E-state index contributed by atoms with van der Waals surface area (Å²) in [5, 5.41) is 6.77. The van der Waals surface area contributed by atoms with E-state index in [0.29, 0.717) is 13.1 Å². The van der Waals surface area contributed by atoms with Crippen LogP contribution in [0.5, 0.6) is 0 Å². The Morgan fingerprint density at radius 1 is 1.38 bits per heavy atom. The second-order valence-electron chi connectivity index (χ2n) is 5.07. The van der Waals surface area contributed by atoms with E-state index in [1.165, 1.54) is 6.92 Å². The summed E-state index contributed by atoms with van der Waals surface area (Å²) >= 11 is 0. The van der Waals surface area contributed by atoms with Crippen molar-refractivity contribution in [3.05, 3.63) is 11.5 Å². The fourth-order valence-corrected chi connectivity index (χ4v) is 3.89. The summed E-state index contributed by atoms with van der Waals surface area (Å²) in [6.07, 6.45) is 0. The molecule has 21 heavy (non-hydrogen) atoms. The summed E-state index contributed by atoms with van der Waals surface area (Å²) in [6, 6.07) is -0.832. The number of sulfonamides is 1. The smallest absolute Gasteiger partial charge is 0.246 e. The van der Waals surface area contributed by atoms with Crippen molar-refractivity contribution in [1.82, 2.24) is 20.1 Å². The number of aryl methyl sites for hydroxylation is 2. The van der Waals surface area contributed by atoms with Gasteiger partial charge >= 0.3 is 0 Å². The summed E-state index contributed by atoms with van der Waals surface area (Å²) in [5.74, 6) is -0.0198. The number of amides is 1. The SMILES string of the molecule is Cc1noc(C)c1S(=O)(=O)NC(C)C(=O)N1CCNCC1. The molecule has 1 aliphatic heterocycles. The van der Waals surface area contributed by atoms with Crippen LogP contribution < -0.4 is 10.0 Å². The van der Waals surface area contributed by atoms with Crippen LogP contribution in [0.4, 0.5) is 0 Å². The third-order valence-corrected chi connectivity index (χ3v) is 5.15. The molecule has 1 saturated heterocycles. The molecule has 1 aromatic heterocycles. The standard InChI is InChI=1S/C12H20N4O4S/c1-8-11(10(3)20-14-8)21(18,19)15-9(2)12(17)16-6-4-13-5-7-16/h9,13,15H,4-7H2,1-3H3. The first kappa shape index (κ1) is 15.9. The van der Waals surface area contributed by atoms with E-state index in [1.807, 2.05) is 0 Å². The van der Waals surface area contributed by atoms with Gasteiger partial charge in [-0.2, -0.15) is 4.72 Å². The molecule has 2 heterocycles. The number of aromatic nitrogens is 1. The normalized spacial score (nSPS) is 17.8. The van der Waals surface area contributed by atoms with E-state index in [1.54, 1.807) is 18.7 Å². The first-order chi connectivity index (χ1) is 9.83. The predicted octanol–water partition coefficient (Wildman–Crippen LogP) is -0.610. The molecule has 0 bridgehead atoms. The van der Waals surface area contributed by atoms with E-state index in [4.69, 9.17) is 4.52 Å². The minimum absolute atomic E-state index is 0.00228. The van der Waals surface area contributed by atoms with Gasteiger partial charge in [-0.1, -0.05) is 5.16 Å². The molecule has 1 unspecified atom stereocenters. The Balaban J connectivity index is 2.11. The molecule has 0 radical (unpaired) electrons. The van der Waals surface area contributed by atoms with Gasteiger partial charge in [-0.05, 0) is 20.8 Å². The Labute approximate surface area is 123 Å². The van der Waals surface area contributed by atoms with Crippen LogP contribution in [0.3, 0.4) is 0 Å². The van der Waals surface area contributed by atoms with Crippen molar-refractivity contribution in [2.75, 3.05) is 26.2 Å². The summed E-state index contributed by atoms with van der Waals surface area (Å²) < 4.78 is 31.9. The van der Waals surface area contributed by atoms with E-state index < -0.39 is 16.1 Å². The van der Waals surface area contributed by atoms with Gasteiger partial charge in [-0.15, -0.1) is 0 Å². The van der Waals surface area contributed by atoms with Gasteiger partial charge < -0.3 is 14.7 Å². The fourth-order valence-electron chi connectivity index (χ4n) is 2.36. The van der Waals surface area contributed by atoms with E-state index in [0.717, 1.165) is 13.1 Å². The fraction of sp³-hybridized carbons (Fsp3) is 0.667. The lowest BCUT2D eigenvalue weighted by molar-refractivity contribution is -0.133. The number of nitrogens with zero attached hydrogens (tertiary/aromatic N) is 2. The third kappa shape index (κ3) is 3.42. The molecule has 1 amide bonds. The molecule has 1 aromatic rings. The molecule has 9 heteroatoms. The number of hydrogen-bond acceptors (Lipinski definition) is 6. The van der Waals surface area contributed by atoms with Crippen LogP contribution in [0.15, 0.2) is 9.42 Å². The van der Waals surface area contributed by atoms with E-state index in [-0.39, 0.29) is 22.3 Å². The highest BCUT2D eigenvalue weighted by atomic mass is 32.2. The van der Waals surface area contributed by atoms with Gasteiger partial charge in [0.25, 0.3) is 0 Å². The van der Waals surface area contributed by atoms with Gasteiger partial charge in [0.1, 0.15) is 10.6 Å². The number of piperazine rings is 1. The first-order valence-corrected chi connectivity index (χ1v) is 8.26.